The van der Waals surface area contributed by atoms with Crippen LogP contribution in [0.1, 0.15) is 58.0 Å². The van der Waals surface area contributed by atoms with Gasteiger partial charge in [0, 0.05) is 12.0 Å². The molecule has 226 valence electrons. The van der Waals surface area contributed by atoms with Crippen LogP contribution in [-0.4, -0.2) is 55.1 Å². The number of sulfone groups is 1. The van der Waals surface area contributed by atoms with Crippen LogP contribution in [0.4, 0.5) is 18.2 Å². The largest absolute Gasteiger partial charge is 0.496 e. The van der Waals surface area contributed by atoms with E-state index in [-0.39, 0.29) is 44.4 Å². The Hall–Kier alpha value is -4.05. The Morgan fingerprint density at radius 2 is 1.81 bits per heavy atom. The van der Waals surface area contributed by atoms with E-state index in [9.17, 15) is 36.0 Å². The molecular weight excluding hydrogens is 601 g/mol. The third-order valence-corrected chi connectivity index (χ3v) is 8.43. The van der Waals surface area contributed by atoms with Gasteiger partial charge in [-0.3, -0.25) is 9.59 Å². The van der Waals surface area contributed by atoms with E-state index in [2.05, 4.69) is 15.3 Å². The van der Waals surface area contributed by atoms with E-state index in [1.165, 1.54) is 32.2 Å². The van der Waals surface area contributed by atoms with Crippen molar-refractivity contribution in [2.24, 2.45) is 5.73 Å². The van der Waals surface area contributed by atoms with Crippen molar-refractivity contribution >= 4 is 44.0 Å². The smallest absolute Gasteiger partial charge is 0.433 e. The quantitative estimate of drug-likeness (QED) is 0.231. The summed E-state index contributed by atoms with van der Waals surface area (Å²) in [7, 11) is -3.18. The monoisotopic (exact) mass is 628 g/mol. The lowest BCUT2D eigenvalue weighted by Crippen LogP contribution is -2.19. The molecule has 0 radical (unpaired) electrons. The number of nitrogens with two attached hydrogens (primary N) is 1. The second-order valence-electron chi connectivity index (χ2n) is 9.17. The Kier molecular flexibility index (Phi) is 9.94. The van der Waals surface area contributed by atoms with Crippen molar-refractivity contribution in [2.75, 3.05) is 18.2 Å². The number of amides is 2. The van der Waals surface area contributed by atoms with Gasteiger partial charge < -0.3 is 20.5 Å². The first-order valence-electron chi connectivity index (χ1n) is 12.3. The third-order valence-electron chi connectivity index (χ3n) is 5.64. The highest BCUT2D eigenvalue weighted by atomic mass is 32.2. The number of thiophene rings is 1. The molecule has 2 aromatic heterocycles. The lowest BCUT2D eigenvalue weighted by Gasteiger charge is -2.13. The zero-order chi connectivity index (χ0) is 31.4. The van der Waals surface area contributed by atoms with E-state index in [1.807, 2.05) is 0 Å². The van der Waals surface area contributed by atoms with Crippen molar-refractivity contribution < 1.29 is 45.4 Å². The minimum Gasteiger partial charge on any atom is -0.496 e. The van der Waals surface area contributed by atoms with Crippen LogP contribution in [0.25, 0.3) is 11.3 Å². The molecule has 0 fully saturated rings. The summed E-state index contributed by atoms with van der Waals surface area (Å²) < 4.78 is 77.2. The fourth-order valence-electron chi connectivity index (χ4n) is 3.76. The molecule has 0 unspecified atom stereocenters. The summed E-state index contributed by atoms with van der Waals surface area (Å²) >= 11 is 0.758. The maximum absolute atomic E-state index is 13.6. The molecule has 0 spiro atoms. The molecule has 3 N–H and O–H groups in total. The van der Waals surface area contributed by atoms with Gasteiger partial charge in [-0.25, -0.2) is 23.2 Å². The molecule has 0 saturated heterocycles. The summed E-state index contributed by atoms with van der Waals surface area (Å²) in [6.07, 6.45) is -6.19. The number of alkyl halides is 3. The fourth-order valence-corrected chi connectivity index (χ4v) is 6.01. The minimum atomic E-state index is -4.97. The van der Waals surface area contributed by atoms with Gasteiger partial charge in [-0.15, -0.1) is 11.3 Å². The van der Waals surface area contributed by atoms with E-state index in [0.717, 1.165) is 11.3 Å². The van der Waals surface area contributed by atoms with Gasteiger partial charge in [0.1, 0.15) is 16.4 Å². The molecule has 16 heteroatoms. The molecule has 0 bridgehead atoms. The molecule has 0 aliphatic rings. The first kappa shape index (κ1) is 32.5. The molecule has 2 amide bonds. The summed E-state index contributed by atoms with van der Waals surface area (Å²) in [6.45, 7) is 4.69. The van der Waals surface area contributed by atoms with Gasteiger partial charge in [-0.2, -0.15) is 13.2 Å². The third kappa shape index (κ3) is 7.61. The number of hydrogen-bond donors (Lipinski definition) is 2. The van der Waals surface area contributed by atoms with E-state index in [0.29, 0.717) is 6.07 Å². The normalized spacial score (nSPS) is 11.8. The van der Waals surface area contributed by atoms with Crippen molar-refractivity contribution in [3.63, 3.8) is 0 Å². The maximum atomic E-state index is 13.6. The Bertz CT molecular complexity index is 1620. The second-order valence-corrected chi connectivity index (χ2v) is 12.2. The van der Waals surface area contributed by atoms with Crippen molar-refractivity contribution in [1.29, 1.82) is 0 Å². The number of carbonyl (C=O) groups is 3. The molecule has 3 aromatic rings. The van der Waals surface area contributed by atoms with Crippen molar-refractivity contribution in [3.8, 4) is 17.0 Å². The predicted octanol–water partition coefficient (Wildman–Crippen LogP) is 4.40. The number of methoxy groups -OCH3 is 1. The summed E-state index contributed by atoms with van der Waals surface area (Å²) in [6, 6.07) is 6.63. The van der Waals surface area contributed by atoms with Gasteiger partial charge in [-0.05, 0) is 51.0 Å². The number of rotatable bonds is 11. The molecule has 0 atom stereocenters. The van der Waals surface area contributed by atoms with Gasteiger partial charge in [0.15, 0.2) is 0 Å². The Balaban J connectivity index is 1.82. The van der Waals surface area contributed by atoms with Gasteiger partial charge in [-0.1, -0.05) is 12.1 Å². The maximum Gasteiger partial charge on any atom is 0.433 e. The lowest BCUT2D eigenvalue weighted by molar-refractivity contribution is -0.141. The molecule has 0 saturated carbocycles. The summed E-state index contributed by atoms with van der Waals surface area (Å²) in [4.78, 5) is 44.2. The minimum absolute atomic E-state index is 0.0116. The molecule has 42 heavy (non-hydrogen) atoms. The number of hydrogen-bond acceptors (Lipinski definition) is 10. The zero-order valence-corrected chi connectivity index (χ0v) is 24.5. The second kappa shape index (κ2) is 12.9. The number of para-hydroxylation sites is 1. The van der Waals surface area contributed by atoms with E-state index < -0.39 is 62.9 Å². The van der Waals surface area contributed by atoms with Crippen molar-refractivity contribution in [3.05, 3.63) is 52.0 Å². The van der Waals surface area contributed by atoms with E-state index >= 15 is 0 Å². The Morgan fingerprint density at radius 3 is 2.40 bits per heavy atom. The molecule has 3 rings (SSSR count). The topological polar surface area (TPSA) is 168 Å². The van der Waals surface area contributed by atoms with Crippen LogP contribution in [0.5, 0.6) is 5.75 Å². The number of benzene rings is 1. The summed E-state index contributed by atoms with van der Waals surface area (Å²) in [5.74, 6) is -2.93. The number of aromatic nitrogens is 2. The number of carbonyl (C=O) groups excluding carboxylic acids is 3. The number of nitrogens with one attached hydrogen (secondary N) is 1. The van der Waals surface area contributed by atoms with Gasteiger partial charge in [0.2, 0.25) is 20.9 Å². The van der Waals surface area contributed by atoms with Crippen LogP contribution in [0, 0.1) is 6.92 Å². The highest BCUT2D eigenvalue weighted by molar-refractivity contribution is 7.91. The van der Waals surface area contributed by atoms with E-state index in [1.54, 1.807) is 19.9 Å². The number of nitrogens with zero attached hydrogens (tertiary/aromatic N) is 2. The molecule has 1 aromatic carbocycles. The Morgan fingerprint density at radius 1 is 1.14 bits per heavy atom. The van der Waals surface area contributed by atoms with Crippen LogP contribution in [0.3, 0.4) is 0 Å². The molecule has 0 aliphatic carbocycles. The van der Waals surface area contributed by atoms with Crippen molar-refractivity contribution in [1.82, 2.24) is 9.97 Å². The predicted molar refractivity (Wildman–Crippen MR) is 147 cm³/mol. The van der Waals surface area contributed by atoms with Crippen LogP contribution in [0.15, 0.2) is 35.5 Å². The Labute approximate surface area is 243 Å². The van der Waals surface area contributed by atoms with Crippen LogP contribution in [0.2, 0.25) is 0 Å². The van der Waals surface area contributed by atoms with Crippen LogP contribution < -0.4 is 15.8 Å². The van der Waals surface area contributed by atoms with Gasteiger partial charge in [0.25, 0.3) is 5.91 Å². The van der Waals surface area contributed by atoms with Gasteiger partial charge >= 0.3 is 12.1 Å². The summed E-state index contributed by atoms with van der Waals surface area (Å²) in [5, 5.41) is 1.39. The molecule has 0 aliphatic heterocycles. The standard InChI is InChI=1S/C26H27F3N4O7S2/c1-13(2)40-24(36)20-14(3)21(22(30)35)41-23(20)33-19(34)10-7-11-42(37,38)25-31-16(12-18(32-25)26(27,28)29)15-8-5-6-9-17(15)39-4/h5-6,8-9,12-13H,7,10-11H2,1-4H3,(H2,30,35)(H,33,34). The number of ether oxygens (including phenoxy) is 2. The fraction of sp³-hybridized carbons (Fsp3) is 0.346. The average Bonchev–Trinajstić information content (AvgIpc) is 3.23. The number of halogens is 3. The average molecular weight is 629 g/mol. The van der Waals surface area contributed by atoms with Gasteiger partial charge in [0.05, 0.1) is 35.1 Å². The molecule has 11 nitrogen and oxygen atoms in total. The lowest BCUT2D eigenvalue weighted by atomic mass is 10.1. The van der Waals surface area contributed by atoms with Crippen LogP contribution in [-0.2, 0) is 25.5 Å². The highest BCUT2D eigenvalue weighted by Gasteiger charge is 2.36. The zero-order valence-electron chi connectivity index (χ0n) is 22.9. The SMILES string of the molecule is COc1ccccc1-c1cc(C(F)(F)F)nc(S(=O)(=O)CCCC(=O)Nc2sc(C(N)=O)c(C)c2C(=O)OC(C)C)n1. The number of esters is 1. The van der Waals surface area contributed by atoms with Crippen LogP contribution >= 0.6 is 11.3 Å². The first-order chi connectivity index (χ1) is 19.5. The first-order valence-corrected chi connectivity index (χ1v) is 14.8. The highest BCUT2D eigenvalue weighted by Crippen LogP contribution is 2.35. The number of anilines is 1. The molecule has 2 heterocycles. The number of primary amides is 1. The summed E-state index contributed by atoms with van der Waals surface area (Å²) in [5.41, 5.74) is 3.85. The van der Waals surface area contributed by atoms with E-state index in [4.69, 9.17) is 15.2 Å². The molecular formula is C26H27F3N4O7S2. The van der Waals surface area contributed by atoms with Crippen molar-refractivity contribution in [2.45, 2.75) is 51.0 Å².